The number of hydrogen-bond donors (Lipinski definition) is 0. The van der Waals surface area contributed by atoms with Crippen LogP contribution in [0.15, 0.2) is 30.3 Å². The van der Waals surface area contributed by atoms with Crippen LogP contribution in [-0.2, 0) is 14.4 Å². The van der Waals surface area contributed by atoms with Gasteiger partial charge < -0.3 is 14.7 Å². The SMILES string of the molecule is CCN(C(=O)C1CCC(C(=O)N2CCN(C(C)=O)CC2)CC1)c1ccccc1. The zero-order valence-corrected chi connectivity index (χ0v) is 17.0. The molecule has 152 valence electrons. The van der Waals surface area contributed by atoms with Crippen molar-refractivity contribution >= 4 is 23.4 Å². The van der Waals surface area contributed by atoms with Crippen molar-refractivity contribution in [1.29, 1.82) is 0 Å². The number of rotatable bonds is 4. The third-order valence-electron chi connectivity index (χ3n) is 6.11. The Labute approximate surface area is 167 Å². The van der Waals surface area contributed by atoms with Crippen LogP contribution in [0.3, 0.4) is 0 Å². The Morgan fingerprint density at radius 2 is 1.43 bits per heavy atom. The lowest BCUT2D eigenvalue weighted by Crippen LogP contribution is -2.52. The first kappa shape index (κ1) is 20.4. The number of amides is 3. The molecule has 1 saturated carbocycles. The lowest BCUT2D eigenvalue weighted by Gasteiger charge is -2.38. The van der Waals surface area contributed by atoms with E-state index in [1.807, 2.05) is 47.1 Å². The largest absolute Gasteiger partial charge is 0.339 e. The zero-order chi connectivity index (χ0) is 20.1. The van der Waals surface area contributed by atoms with E-state index in [0.29, 0.717) is 32.7 Å². The molecule has 1 aromatic carbocycles. The quantitative estimate of drug-likeness (QED) is 0.800. The normalized spacial score (nSPS) is 22.6. The summed E-state index contributed by atoms with van der Waals surface area (Å²) in [6.45, 7) is 6.71. The maximum Gasteiger partial charge on any atom is 0.230 e. The number of carbonyl (C=O) groups is 3. The van der Waals surface area contributed by atoms with E-state index in [-0.39, 0.29) is 29.6 Å². The van der Waals surface area contributed by atoms with Gasteiger partial charge in [0.05, 0.1) is 0 Å². The number of nitrogens with zero attached hydrogens (tertiary/aromatic N) is 3. The first-order valence-corrected chi connectivity index (χ1v) is 10.4. The first-order valence-electron chi connectivity index (χ1n) is 10.4. The Morgan fingerprint density at radius 3 is 1.96 bits per heavy atom. The number of anilines is 1. The third-order valence-corrected chi connectivity index (χ3v) is 6.11. The van der Waals surface area contributed by atoms with E-state index < -0.39 is 0 Å². The van der Waals surface area contributed by atoms with Gasteiger partial charge in [-0.05, 0) is 44.7 Å². The Kier molecular flexibility index (Phi) is 6.70. The minimum Gasteiger partial charge on any atom is -0.339 e. The van der Waals surface area contributed by atoms with Crippen LogP contribution in [0, 0.1) is 11.8 Å². The molecule has 0 spiro atoms. The minimum atomic E-state index is -0.00114. The van der Waals surface area contributed by atoms with Gasteiger partial charge in [-0.15, -0.1) is 0 Å². The highest BCUT2D eigenvalue weighted by atomic mass is 16.2. The van der Waals surface area contributed by atoms with Crippen LogP contribution in [-0.4, -0.2) is 60.2 Å². The number of piperazine rings is 1. The Balaban J connectivity index is 1.52. The van der Waals surface area contributed by atoms with Crippen LogP contribution >= 0.6 is 0 Å². The highest BCUT2D eigenvalue weighted by Crippen LogP contribution is 2.32. The van der Waals surface area contributed by atoms with Crippen molar-refractivity contribution in [2.45, 2.75) is 39.5 Å². The van der Waals surface area contributed by atoms with Crippen molar-refractivity contribution < 1.29 is 14.4 Å². The summed E-state index contributed by atoms with van der Waals surface area (Å²) in [5.41, 5.74) is 0.941. The molecule has 6 heteroatoms. The van der Waals surface area contributed by atoms with Gasteiger partial charge in [-0.3, -0.25) is 14.4 Å². The molecule has 2 aliphatic rings. The molecular weight excluding hydrogens is 354 g/mol. The maximum absolute atomic E-state index is 13.0. The average Bonchev–Trinajstić information content (AvgIpc) is 2.74. The van der Waals surface area contributed by atoms with Crippen molar-refractivity contribution in [2.24, 2.45) is 11.8 Å². The Morgan fingerprint density at radius 1 is 0.893 bits per heavy atom. The second kappa shape index (κ2) is 9.22. The fourth-order valence-corrected chi connectivity index (χ4v) is 4.38. The number of para-hydroxylation sites is 1. The van der Waals surface area contributed by atoms with Crippen molar-refractivity contribution in [1.82, 2.24) is 9.80 Å². The van der Waals surface area contributed by atoms with E-state index in [1.165, 1.54) is 0 Å². The van der Waals surface area contributed by atoms with E-state index in [9.17, 15) is 14.4 Å². The molecule has 0 aromatic heterocycles. The van der Waals surface area contributed by atoms with Gasteiger partial charge in [-0.2, -0.15) is 0 Å². The summed E-state index contributed by atoms with van der Waals surface area (Å²) in [5.74, 6) is 0.461. The predicted octanol–water partition coefficient (Wildman–Crippen LogP) is 2.54. The zero-order valence-electron chi connectivity index (χ0n) is 17.0. The van der Waals surface area contributed by atoms with Crippen LogP contribution in [0.4, 0.5) is 5.69 Å². The molecule has 1 saturated heterocycles. The summed E-state index contributed by atoms with van der Waals surface area (Å²) < 4.78 is 0. The van der Waals surface area contributed by atoms with Gasteiger partial charge in [0.25, 0.3) is 0 Å². The molecule has 2 fully saturated rings. The summed E-state index contributed by atoms with van der Waals surface area (Å²) in [6.07, 6.45) is 3.08. The first-order chi connectivity index (χ1) is 13.5. The lowest BCUT2D eigenvalue weighted by atomic mass is 9.80. The maximum atomic E-state index is 13.0. The van der Waals surface area contributed by atoms with Gasteiger partial charge in [0.1, 0.15) is 0 Å². The van der Waals surface area contributed by atoms with Crippen molar-refractivity contribution in [3.05, 3.63) is 30.3 Å². The van der Waals surface area contributed by atoms with Gasteiger partial charge in [-0.1, -0.05) is 18.2 Å². The molecule has 0 atom stereocenters. The highest BCUT2D eigenvalue weighted by molar-refractivity contribution is 5.95. The van der Waals surface area contributed by atoms with E-state index in [2.05, 4.69) is 0 Å². The average molecular weight is 386 g/mol. The second-order valence-electron chi connectivity index (χ2n) is 7.80. The van der Waals surface area contributed by atoms with E-state index in [4.69, 9.17) is 0 Å². The van der Waals surface area contributed by atoms with Gasteiger partial charge >= 0.3 is 0 Å². The van der Waals surface area contributed by atoms with Gasteiger partial charge in [0, 0.05) is 57.2 Å². The summed E-state index contributed by atoms with van der Waals surface area (Å²) in [5, 5.41) is 0. The summed E-state index contributed by atoms with van der Waals surface area (Å²) in [4.78, 5) is 42.8. The Bertz CT molecular complexity index is 690. The molecular formula is C22H31N3O3. The third kappa shape index (κ3) is 4.54. The molecule has 1 heterocycles. The van der Waals surface area contributed by atoms with Gasteiger partial charge in [0.2, 0.25) is 17.7 Å². The summed E-state index contributed by atoms with van der Waals surface area (Å²) in [7, 11) is 0. The molecule has 1 aliphatic carbocycles. The fraction of sp³-hybridized carbons (Fsp3) is 0.591. The second-order valence-corrected chi connectivity index (χ2v) is 7.80. The van der Waals surface area contributed by atoms with Crippen molar-refractivity contribution in [3.63, 3.8) is 0 Å². The van der Waals surface area contributed by atoms with E-state index in [1.54, 1.807) is 11.8 Å². The molecule has 0 unspecified atom stereocenters. The monoisotopic (exact) mass is 385 g/mol. The topological polar surface area (TPSA) is 60.9 Å². The molecule has 0 radical (unpaired) electrons. The van der Waals surface area contributed by atoms with Crippen molar-refractivity contribution in [3.8, 4) is 0 Å². The summed E-state index contributed by atoms with van der Waals surface area (Å²) in [6, 6.07) is 9.79. The predicted molar refractivity (Wildman–Crippen MR) is 109 cm³/mol. The van der Waals surface area contributed by atoms with Gasteiger partial charge in [0.15, 0.2) is 0 Å². The standard InChI is InChI=1S/C22H31N3O3/c1-3-25(20-7-5-4-6-8-20)22(28)19-11-9-18(10-12-19)21(27)24-15-13-23(14-16-24)17(2)26/h4-8,18-19H,3,9-16H2,1-2H3. The van der Waals surface area contributed by atoms with Crippen LogP contribution in [0.25, 0.3) is 0 Å². The van der Waals surface area contributed by atoms with E-state index >= 15 is 0 Å². The minimum absolute atomic E-state index is 0.00114. The molecule has 0 bridgehead atoms. The van der Waals surface area contributed by atoms with Crippen LogP contribution < -0.4 is 4.90 Å². The number of hydrogen-bond acceptors (Lipinski definition) is 3. The molecule has 28 heavy (non-hydrogen) atoms. The number of benzene rings is 1. The smallest absolute Gasteiger partial charge is 0.230 e. The summed E-state index contributed by atoms with van der Waals surface area (Å²) >= 11 is 0. The van der Waals surface area contributed by atoms with Crippen molar-refractivity contribution in [2.75, 3.05) is 37.6 Å². The van der Waals surface area contributed by atoms with Crippen LogP contribution in [0.5, 0.6) is 0 Å². The molecule has 1 aromatic rings. The molecule has 3 amide bonds. The van der Waals surface area contributed by atoms with E-state index in [0.717, 1.165) is 31.4 Å². The molecule has 6 nitrogen and oxygen atoms in total. The molecule has 3 rings (SSSR count). The number of carbonyl (C=O) groups excluding carboxylic acids is 3. The molecule has 1 aliphatic heterocycles. The van der Waals surface area contributed by atoms with Gasteiger partial charge in [-0.25, -0.2) is 0 Å². The fourth-order valence-electron chi connectivity index (χ4n) is 4.38. The van der Waals surface area contributed by atoms with Crippen LogP contribution in [0.1, 0.15) is 39.5 Å². The molecule has 0 N–H and O–H groups in total. The van der Waals surface area contributed by atoms with Crippen LogP contribution in [0.2, 0.25) is 0 Å². The Hall–Kier alpha value is -2.37. The lowest BCUT2D eigenvalue weighted by molar-refractivity contribution is -0.142. The highest BCUT2D eigenvalue weighted by Gasteiger charge is 2.34.